The third-order valence-electron chi connectivity index (χ3n) is 8.58. The maximum atomic E-state index is 12.8. The largest absolute Gasteiger partial charge is 0.460 e. The number of esters is 1. The summed E-state index contributed by atoms with van der Waals surface area (Å²) in [6.45, 7) is 13.6. The predicted octanol–water partition coefficient (Wildman–Crippen LogP) is 6.85. The summed E-state index contributed by atoms with van der Waals surface area (Å²) < 4.78 is 32.7. The molecule has 13 heteroatoms. The van der Waals surface area contributed by atoms with Crippen molar-refractivity contribution >= 4 is 40.8 Å². The van der Waals surface area contributed by atoms with Crippen molar-refractivity contribution in [2.45, 2.75) is 65.1 Å². The maximum Gasteiger partial charge on any atom is 0.308 e. The molecule has 0 aromatic heterocycles. The van der Waals surface area contributed by atoms with Crippen LogP contribution in [0.4, 0.5) is 11.4 Å². The van der Waals surface area contributed by atoms with Crippen LogP contribution in [-0.4, -0.2) is 102 Å². The molecule has 0 saturated heterocycles. The molecule has 2 N–H and O–H groups in total. The Morgan fingerprint density at radius 1 is 0.745 bits per heavy atom. The first-order chi connectivity index (χ1) is 26.4. The number of carbonyl (C=O) groups excluding carboxylic acids is 3. The molecular formula is C42H56ClN3O9. The average molecular weight is 782 g/mol. The van der Waals surface area contributed by atoms with E-state index in [4.69, 9.17) is 40.0 Å². The zero-order chi connectivity index (χ0) is 39.6. The van der Waals surface area contributed by atoms with Crippen LogP contribution in [0.25, 0.3) is 11.1 Å². The normalized spacial score (nSPS) is 15.3. The van der Waals surface area contributed by atoms with Crippen molar-refractivity contribution in [3.05, 3.63) is 82.9 Å². The number of nitrogens with one attached hydrogen (secondary N) is 2. The molecule has 3 aromatic carbocycles. The Morgan fingerprint density at radius 3 is 1.85 bits per heavy atom. The second kappa shape index (κ2) is 22.5. The summed E-state index contributed by atoms with van der Waals surface area (Å²) in [6, 6.07) is 21.3. The minimum Gasteiger partial charge on any atom is -0.460 e. The lowest BCUT2D eigenvalue weighted by atomic mass is 9.88. The molecule has 1 aliphatic heterocycles. The van der Waals surface area contributed by atoms with Gasteiger partial charge in [-0.15, -0.1) is 0 Å². The van der Waals surface area contributed by atoms with Crippen molar-refractivity contribution in [3.63, 3.8) is 0 Å². The van der Waals surface area contributed by atoms with E-state index < -0.39 is 5.60 Å². The van der Waals surface area contributed by atoms with Crippen LogP contribution in [0.5, 0.6) is 0 Å². The van der Waals surface area contributed by atoms with Crippen molar-refractivity contribution in [3.8, 4) is 11.1 Å². The molecule has 4 rings (SSSR count). The lowest BCUT2D eigenvalue weighted by Crippen LogP contribution is -2.43. The van der Waals surface area contributed by atoms with Gasteiger partial charge in [0.1, 0.15) is 5.60 Å². The number of carbonyl (C=O) groups is 3. The number of fused-ring (bicyclic) bond motifs is 1. The second-order valence-electron chi connectivity index (χ2n) is 14.2. The third kappa shape index (κ3) is 15.2. The van der Waals surface area contributed by atoms with Gasteiger partial charge in [-0.05, 0) is 99.3 Å². The van der Waals surface area contributed by atoms with Crippen LogP contribution in [0.1, 0.15) is 69.4 Å². The lowest BCUT2D eigenvalue weighted by Gasteiger charge is -2.39. The lowest BCUT2D eigenvalue weighted by molar-refractivity contribution is -0.156. The minimum atomic E-state index is -0.489. The molecule has 0 unspecified atom stereocenters. The molecule has 1 heterocycles. The molecule has 55 heavy (non-hydrogen) atoms. The molecule has 12 nitrogen and oxygen atoms in total. The average Bonchev–Trinajstić information content (AvgIpc) is 3.14. The monoisotopic (exact) mass is 781 g/mol. The van der Waals surface area contributed by atoms with E-state index in [1.165, 1.54) is 0 Å². The molecule has 300 valence electrons. The molecule has 2 amide bonds. The highest BCUT2D eigenvalue weighted by Gasteiger charge is 2.32. The number of benzene rings is 3. The van der Waals surface area contributed by atoms with E-state index in [-0.39, 0.29) is 36.3 Å². The standard InChI is InChI=1S/C42H56ClN3O9/c1-30-28-38(45-36-13-11-35(43)12-14-36)37-29-34(10-15-39(37)46(30)31(2)47)32-6-8-33(9-7-32)41(49)44-17-19-51-21-23-53-25-27-54-26-24-52-22-20-50-18-16-40(48)55-42(3,4)5/h6-15,29-30,38,45H,16-28H2,1-5H3,(H,44,49)/t30-,38+/m0/s1. The molecule has 0 saturated carbocycles. The number of ether oxygens (including phenoxy) is 6. The highest BCUT2D eigenvalue weighted by Crippen LogP contribution is 2.41. The van der Waals surface area contributed by atoms with Crippen LogP contribution in [0, 0.1) is 0 Å². The Kier molecular flexibility index (Phi) is 17.9. The van der Waals surface area contributed by atoms with Crippen LogP contribution >= 0.6 is 11.6 Å². The summed E-state index contributed by atoms with van der Waals surface area (Å²) >= 11 is 6.11. The van der Waals surface area contributed by atoms with Gasteiger partial charge >= 0.3 is 5.97 Å². The fraction of sp³-hybridized carbons (Fsp3) is 0.500. The molecule has 0 fully saturated rings. The van der Waals surface area contributed by atoms with Gasteiger partial charge in [-0.25, -0.2) is 0 Å². The van der Waals surface area contributed by atoms with Gasteiger partial charge in [0.2, 0.25) is 5.91 Å². The van der Waals surface area contributed by atoms with Crippen molar-refractivity contribution in [2.75, 3.05) is 82.8 Å². The SMILES string of the molecule is CC(=O)N1c2ccc(-c3ccc(C(=O)NCCOCCOCCOCCOCCOCCC(=O)OC(C)(C)C)cc3)cc2[C@H](Nc2ccc(Cl)cc2)C[C@@H]1C. The van der Waals surface area contributed by atoms with Crippen LogP contribution < -0.4 is 15.5 Å². The minimum absolute atomic E-state index is 0.00514. The molecule has 0 spiro atoms. The molecule has 0 radical (unpaired) electrons. The quantitative estimate of drug-likeness (QED) is 0.0824. The van der Waals surface area contributed by atoms with E-state index in [9.17, 15) is 14.4 Å². The highest BCUT2D eigenvalue weighted by atomic mass is 35.5. The van der Waals surface area contributed by atoms with Gasteiger partial charge in [-0.2, -0.15) is 0 Å². The summed E-state index contributed by atoms with van der Waals surface area (Å²) in [4.78, 5) is 38.9. The number of amides is 2. The van der Waals surface area contributed by atoms with Crippen LogP contribution in [0.15, 0.2) is 66.7 Å². The van der Waals surface area contributed by atoms with Crippen molar-refractivity contribution in [1.82, 2.24) is 5.32 Å². The number of anilines is 2. The number of hydrogen-bond donors (Lipinski definition) is 2. The Hall–Kier alpha value is -4.04. The zero-order valence-electron chi connectivity index (χ0n) is 32.7. The van der Waals surface area contributed by atoms with Gasteiger partial charge in [0.15, 0.2) is 0 Å². The second-order valence-corrected chi connectivity index (χ2v) is 14.6. The highest BCUT2D eigenvalue weighted by molar-refractivity contribution is 6.30. The molecular weight excluding hydrogens is 726 g/mol. The molecule has 1 aliphatic rings. The Morgan fingerprint density at radius 2 is 1.29 bits per heavy atom. The Labute approximate surface area is 330 Å². The van der Waals surface area contributed by atoms with Gasteiger partial charge in [-0.3, -0.25) is 14.4 Å². The summed E-state index contributed by atoms with van der Waals surface area (Å²) in [5.41, 5.74) is 4.92. The smallest absolute Gasteiger partial charge is 0.308 e. The molecule has 2 atom stereocenters. The molecule has 3 aromatic rings. The van der Waals surface area contributed by atoms with E-state index in [1.54, 1.807) is 6.92 Å². The number of nitrogens with zero attached hydrogens (tertiary/aromatic N) is 1. The molecule has 0 aliphatic carbocycles. The first-order valence-electron chi connectivity index (χ1n) is 18.9. The number of rotatable bonds is 22. The van der Waals surface area contributed by atoms with Gasteiger partial charge in [0.05, 0.1) is 78.5 Å². The zero-order valence-corrected chi connectivity index (χ0v) is 33.5. The van der Waals surface area contributed by atoms with E-state index in [2.05, 4.69) is 23.6 Å². The molecule has 0 bridgehead atoms. The number of hydrogen-bond acceptors (Lipinski definition) is 10. The summed E-state index contributed by atoms with van der Waals surface area (Å²) in [5, 5.41) is 7.20. The van der Waals surface area contributed by atoms with Gasteiger partial charge in [0, 0.05) is 41.5 Å². The van der Waals surface area contributed by atoms with E-state index in [0.717, 1.165) is 34.5 Å². The summed E-state index contributed by atoms with van der Waals surface area (Å²) in [7, 11) is 0. The fourth-order valence-corrected chi connectivity index (χ4v) is 6.22. The van der Waals surface area contributed by atoms with Gasteiger partial charge < -0.3 is 44.0 Å². The van der Waals surface area contributed by atoms with Crippen molar-refractivity contribution in [2.24, 2.45) is 0 Å². The van der Waals surface area contributed by atoms with Gasteiger partial charge in [-0.1, -0.05) is 29.8 Å². The van der Waals surface area contributed by atoms with Crippen molar-refractivity contribution in [1.29, 1.82) is 0 Å². The van der Waals surface area contributed by atoms with Gasteiger partial charge in [0.25, 0.3) is 5.91 Å². The number of halogens is 1. The van der Waals surface area contributed by atoms with E-state index in [1.807, 2.05) is 86.3 Å². The Balaban J connectivity index is 1.08. The first kappa shape index (κ1) is 43.7. The maximum absolute atomic E-state index is 12.8. The Bertz CT molecular complexity index is 1650. The summed E-state index contributed by atoms with van der Waals surface area (Å²) in [6.07, 6.45) is 0.967. The van der Waals surface area contributed by atoms with E-state index in [0.29, 0.717) is 83.2 Å². The third-order valence-corrected chi connectivity index (χ3v) is 8.83. The van der Waals surface area contributed by atoms with Crippen LogP contribution in [-0.2, 0) is 38.0 Å². The fourth-order valence-electron chi connectivity index (χ4n) is 6.09. The summed E-state index contributed by atoms with van der Waals surface area (Å²) in [5.74, 6) is -0.446. The predicted molar refractivity (Wildman–Crippen MR) is 214 cm³/mol. The van der Waals surface area contributed by atoms with E-state index >= 15 is 0 Å². The van der Waals surface area contributed by atoms with Crippen molar-refractivity contribution < 1.29 is 42.8 Å². The topological polar surface area (TPSA) is 134 Å². The van der Waals surface area contributed by atoms with Crippen LogP contribution in [0.2, 0.25) is 5.02 Å². The van der Waals surface area contributed by atoms with Crippen LogP contribution in [0.3, 0.4) is 0 Å². The first-order valence-corrected chi connectivity index (χ1v) is 19.2.